The van der Waals surface area contributed by atoms with Crippen molar-refractivity contribution in [2.24, 2.45) is 0 Å². The molecule has 0 radical (unpaired) electrons. The van der Waals surface area contributed by atoms with Crippen molar-refractivity contribution < 1.29 is 28.7 Å². The van der Waals surface area contributed by atoms with Crippen molar-refractivity contribution in [2.45, 2.75) is 13.8 Å². The van der Waals surface area contributed by atoms with Gasteiger partial charge in [-0.25, -0.2) is 9.59 Å². The van der Waals surface area contributed by atoms with E-state index in [1.165, 1.54) is 7.05 Å². The van der Waals surface area contributed by atoms with E-state index in [1.54, 1.807) is 32.0 Å². The smallest absolute Gasteiger partial charge is 0.341 e. The van der Waals surface area contributed by atoms with E-state index in [0.29, 0.717) is 16.5 Å². The van der Waals surface area contributed by atoms with Crippen LogP contribution in [0.1, 0.15) is 42.9 Å². The molecule has 0 aliphatic rings. The molecular formula is C23H22N2O6S. The van der Waals surface area contributed by atoms with Gasteiger partial charge in [0, 0.05) is 7.05 Å². The van der Waals surface area contributed by atoms with Crippen molar-refractivity contribution in [3.63, 3.8) is 0 Å². The first-order chi connectivity index (χ1) is 15.4. The Labute approximate surface area is 188 Å². The lowest BCUT2D eigenvalue weighted by Crippen LogP contribution is -2.22. The summed E-state index contributed by atoms with van der Waals surface area (Å²) in [5.41, 5.74) is 0.844. The van der Waals surface area contributed by atoms with Crippen LogP contribution < -0.4 is 10.6 Å². The molecule has 8 nitrogen and oxygen atoms in total. The highest BCUT2D eigenvalue weighted by atomic mass is 32.1. The number of benzene rings is 2. The fraction of sp³-hybridized carbons (Fsp3) is 0.217. The summed E-state index contributed by atoms with van der Waals surface area (Å²) in [7, 11) is 1.47. The number of esters is 2. The van der Waals surface area contributed by atoms with Crippen molar-refractivity contribution in [3.8, 4) is 0 Å². The minimum Gasteiger partial charge on any atom is -0.462 e. The number of fused-ring (bicyclic) bond motifs is 1. The first-order valence-electron chi connectivity index (χ1n) is 9.84. The standard InChI is InChI=1S/C23H22N2O6S/c1-4-30-23(29)18-13(2)19(20(27)24-3)32-21(18)25-17(26)12-31-22(28)16-11-7-9-14-8-5-6-10-15(14)16/h5-11H,4,12H2,1-3H3,(H,24,27)(H,25,26). The Morgan fingerprint density at radius 2 is 1.69 bits per heavy atom. The molecule has 0 saturated heterocycles. The van der Waals surface area contributed by atoms with Crippen LogP contribution in [0.4, 0.5) is 5.00 Å². The zero-order valence-electron chi connectivity index (χ0n) is 17.8. The fourth-order valence-corrected chi connectivity index (χ4v) is 4.31. The second-order valence-electron chi connectivity index (χ2n) is 6.71. The first kappa shape index (κ1) is 23.0. The minimum atomic E-state index is -0.653. The topological polar surface area (TPSA) is 111 Å². The zero-order valence-corrected chi connectivity index (χ0v) is 18.6. The van der Waals surface area contributed by atoms with Gasteiger partial charge < -0.3 is 20.1 Å². The molecule has 0 atom stereocenters. The van der Waals surface area contributed by atoms with Crippen molar-refractivity contribution >= 4 is 50.9 Å². The first-order valence-corrected chi connectivity index (χ1v) is 10.7. The Bertz CT molecular complexity index is 1200. The van der Waals surface area contributed by atoms with Crippen LogP contribution in [-0.2, 0) is 14.3 Å². The van der Waals surface area contributed by atoms with Gasteiger partial charge in [-0.2, -0.15) is 0 Å². The maximum atomic E-state index is 12.5. The predicted octanol–water partition coefficient (Wildman–Crippen LogP) is 3.54. The zero-order chi connectivity index (χ0) is 23.3. The van der Waals surface area contributed by atoms with E-state index in [-0.39, 0.29) is 28.0 Å². The Kier molecular flexibility index (Phi) is 7.21. The molecule has 0 saturated carbocycles. The average Bonchev–Trinajstić information content (AvgIpc) is 3.12. The van der Waals surface area contributed by atoms with Crippen LogP contribution in [-0.4, -0.2) is 44.0 Å². The number of ether oxygens (including phenoxy) is 2. The lowest BCUT2D eigenvalue weighted by molar-refractivity contribution is -0.119. The van der Waals surface area contributed by atoms with Crippen molar-refractivity contribution in [1.29, 1.82) is 0 Å². The second kappa shape index (κ2) is 10.1. The van der Waals surface area contributed by atoms with E-state index in [0.717, 1.165) is 16.7 Å². The molecule has 3 rings (SSSR count). The van der Waals surface area contributed by atoms with Gasteiger partial charge in [0.25, 0.3) is 11.8 Å². The van der Waals surface area contributed by atoms with Crippen LogP contribution in [0.5, 0.6) is 0 Å². The highest BCUT2D eigenvalue weighted by molar-refractivity contribution is 7.18. The number of hydrogen-bond acceptors (Lipinski definition) is 7. The molecular weight excluding hydrogens is 432 g/mol. The van der Waals surface area contributed by atoms with E-state index < -0.39 is 24.5 Å². The normalized spacial score (nSPS) is 10.5. The Balaban J connectivity index is 1.76. The Hall–Kier alpha value is -3.72. The molecule has 0 aliphatic heterocycles. The van der Waals surface area contributed by atoms with Gasteiger partial charge in [0.05, 0.1) is 22.6 Å². The van der Waals surface area contributed by atoms with Crippen LogP contribution in [0.3, 0.4) is 0 Å². The summed E-state index contributed by atoms with van der Waals surface area (Å²) in [6.45, 7) is 2.84. The lowest BCUT2D eigenvalue weighted by atomic mass is 10.1. The number of anilines is 1. The number of carbonyl (C=O) groups is 4. The lowest BCUT2D eigenvalue weighted by Gasteiger charge is -2.09. The second-order valence-corrected chi connectivity index (χ2v) is 7.73. The van der Waals surface area contributed by atoms with Gasteiger partial charge in [-0.3, -0.25) is 9.59 Å². The van der Waals surface area contributed by atoms with Crippen molar-refractivity contribution in [3.05, 3.63) is 64.0 Å². The van der Waals surface area contributed by atoms with E-state index >= 15 is 0 Å². The molecule has 1 aromatic heterocycles. The molecule has 9 heteroatoms. The predicted molar refractivity (Wildman–Crippen MR) is 121 cm³/mol. The fourth-order valence-electron chi connectivity index (χ4n) is 3.16. The molecule has 0 spiro atoms. The van der Waals surface area contributed by atoms with Crippen LogP contribution in [0.2, 0.25) is 0 Å². The van der Waals surface area contributed by atoms with Crippen LogP contribution in [0, 0.1) is 6.92 Å². The van der Waals surface area contributed by atoms with Crippen LogP contribution in [0.15, 0.2) is 42.5 Å². The summed E-state index contributed by atoms with van der Waals surface area (Å²) in [4.78, 5) is 49.8. The molecule has 0 unspecified atom stereocenters. The average molecular weight is 455 g/mol. The van der Waals surface area contributed by atoms with E-state index in [2.05, 4.69) is 10.6 Å². The van der Waals surface area contributed by atoms with Crippen molar-refractivity contribution in [2.75, 3.05) is 25.6 Å². The van der Waals surface area contributed by atoms with Gasteiger partial charge >= 0.3 is 11.9 Å². The molecule has 0 aliphatic carbocycles. The van der Waals surface area contributed by atoms with Crippen LogP contribution >= 0.6 is 11.3 Å². The Morgan fingerprint density at radius 3 is 2.41 bits per heavy atom. The third-order valence-electron chi connectivity index (χ3n) is 4.66. The van der Waals surface area contributed by atoms with Gasteiger partial charge in [0.1, 0.15) is 5.00 Å². The highest BCUT2D eigenvalue weighted by Crippen LogP contribution is 2.33. The molecule has 1 heterocycles. The summed E-state index contributed by atoms with van der Waals surface area (Å²) in [5.74, 6) is -2.33. The van der Waals surface area contributed by atoms with Gasteiger partial charge in [0.2, 0.25) is 0 Å². The van der Waals surface area contributed by atoms with Gasteiger partial charge in [0.15, 0.2) is 6.61 Å². The summed E-state index contributed by atoms with van der Waals surface area (Å²) >= 11 is 0.949. The highest BCUT2D eigenvalue weighted by Gasteiger charge is 2.26. The summed E-state index contributed by atoms with van der Waals surface area (Å²) in [6.07, 6.45) is 0. The molecule has 2 aromatic carbocycles. The van der Waals surface area contributed by atoms with Crippen LogP contribution in [0.25, 0.3) is 10.8 Å². The van der Waals surface area contributed by atoms with E-state index in [9.17, 15) is 19.2 Å². The van der Waals surface area contributed by atoms with Crippen molar-refractivity contribution in [1.82, 2.24) is 5.32 Å². The molecule has 2 N–H and O–H groups in total. The largest absolute Gasteiger partial charge is 0.462 e. The van der Waals surface area contributed by atoms with Gasteiger partial charge in [-0.1, -0.05) is 36.4 Å². The molecule has 2 amide bonds. The third-order valence-corrected chi connectivity index (χ3v) is 5.86. The molecule has 0 bridgehead atoms. The summed E-state index contributed by atoms with van der Waals surface area (Å²) < 4.78 is 10.2. The quantitative estimate of drug-likeness (QED) is 0.529. The number of carbonyl (C=O) groups excluding carboxylic acids is 4. The number of amides is 2. The van der Waals surface area contributed by atoms with E-state index in [1.807, 2.05) is 24.3 Å². The molecule has 166 valence electrons. The maximum absolute atomic E-state index is 12.5. The number of hydrogen-bond donors (Lipinski definition) is 2. The number of rotatable bonds is 7. The molecule has 32 heavy (non-hydrogen) atoms. The number of thiophene rings is 1. The van der Waals surface area contributed by atoms with Gasteiger partial charge in [-0.15, -0.1) is 11.3 Å². The summed E-state index contributed by atoms with van der Waals surface area (Å²) in [5, 5.41) is 6.80. The number of nitrogens with one attached hydrogen (secondary N) is 2. The SMILES string of the molecule is CCOC(=O)c1c(NC(=O)COC(=O)c2cccc3ccccc23)sc(C(=O)NC)c1C. The summed E-state index contributed by atoms with van der Waals surface area (Å²) in [6, 6.07) is 12.6. The Morgan fingerprint density at radius 1 is 0.969 bits per heavy atom. The molecule has 3 aromatic rings. The third kappa shape index (κ3) is 4.78. The monoisotopic (exact) mass is 454 g/mol. The van der Waals surface area contributed by atoms with Gasteiger partial charge in [-0.05, 0) is 36.2 Å². The van der Waals surface area contributed by atoms with E-state index in [4.69, 9.17) is 9.47 Å². The minimum absolute atomic E-state index is 0.101. The maximum Gasteiger partial charge on any atom is 0.341 e. The molecule has 0 fully saturated rings.